The first-order valence-corrected chi connectivity index (χ1v) is 7.23. The van der Waals surface area contributed by atoms with Gasteiger partial charge in [0.15, 0.2) is 11.6 Å². The van der Waals surface area contributed by atoms with E-state index in [1.165, 1.54) is 17.0 Å². The molecule has 1 aromatic rings. The van der Waals surface area contributed by atoms with Crippen LogP contribution in [0.5, 0.6) is 0 Å². The molecular formula is C16H24F2N2O2. The molecule has 0 spiro atoms. The molecule has 6 heteroatoms. The molecule has 0 aliphatic heterocycles. The second kappa shape index (κ2) is 7.54. The molecule has 1 amide bonds. The first-order chi connectivity index (χ1) is 10.1. The minimum Gasteiger partial charge on any atom is -0.444 e. The van der Waals surface area contributed by atoms with Crippen LogP contribution in [0.25, 0.3) is 0 Å². The zero-order chi connectivity index (χ0) is 16.9. The van der Waals surface area contributed by atoms with Crippen molar-refractivity contribution in [2.75, 3.05) is 20.1 Å². The average molecular weight is 314 g/mol. The second-order valence-corrected chi connectivity index (χ2v) is 6.22. The Morgan fingerprint density at radius 1 is 1.36 bits per heavy atom. The number of hydrogen-bond donors (Lipinski definition) is 1. The van der Waals surface area contributed by atoms with Crippen LogP contribution in [0.3, 0.4) is 0 Å². The fourth-order valence-corrected chi connectivity index (χ4v) is 1.84. The normalized spacial score (nSPS) is 12.9. The van der Waals surface area contributed by atoms with E-state index >= 15 is 0 Å². The zero-order valence-corrected chi connectivity index (χ0v) is 13.7. The van der Waals surface area contributed by atoms with Gasteiger partial charge in [0.25, 0.3) is 0 Å². The molecular weight excluding hydrogens is 290 g/mol. The summed E-state index contributed by atoms with van der Waals surface area (Å²) in [7, 11) is 1.63. The summed E-state index contributed by atoms with van der Waals surface area (Å²) >= 11 is 0. The van der Waals surface area contributed by atoms with Gasteiger partial charge in [0.1, 0.15) is 5.60 Å². The number of nitrogens with one attached hydrogen (secondary N) is 1. The lowest BCUT2D eigenvalue weighted by atomic mass is 10.1. The van der Waals surface area contributed by atoms with Crippen molar-refractivity contribution in [1.82, 2.24) is 10.2 Å². The topological polar surface area (TPSA) is 41.6 Å². The number of carbonyl (C=O) groups is 1. The smallest absolute Gasteiger partial charge is 0.410 e. The molecule has 124 valence electrons. The van der Waals surface area contributed by atoms with Gasteiger partial charge < -0.3 is 15.0 Å². The summed E-state index contributed by atoms with van der Waals surface area (Å²) in [4.78, 5) is 13.2. The highest BCUT2D eigenvalue weighted by Crippen LogP contribution is 2.18. The first kappa shape index (κ1) is 18.4. The Morgan fingerprint density at radius 2 is 2.00 bits per heavy atom. The van der Waals surface area contributed by atoms with Gasteiger partial charge in [-0.2, -0.15) is 0 Å². The molecule has 22 heavy (non-hydrogen) atoms. The minimum absolute atomic E-state index is 0.264. The fourth-order valence-electron chi connectivity index (χ4n) is 1.84. The summed E-state index contributed by atoms with van der Waals surface area (Å²) in [5.74, 6) is -1.71. The molecule has 0 bridgehead atoms. The number of nitrogens with zero attached hydrogens (tertiary/aromatic N) is 1. The molecule has 1 aromatic carbocycles. The maximum absolute atomic E-state index is 13.7. The van der Waals surface area contributed by atoms with E-state index in [0.29, 0.717) is 13.1 Å². The lowest BCUT2D eigenvalue weighted by Crippen LogP contribution is -2.38. The van der Waals surface area contributed by atoms with Gasteiger partial charge >= 0.3 is 6.09 Å². The second-order valence-electron chi connectivity index (χ2n) is 6.22. The van der Waals surface area contributed by atoms with E-state index in [1.807, 2.05) is 0 Å². The maximum atomic E-state index is 13.7. The molecule has 1 atom stereocenters. The van der Waals surface area contributed by atoms with Crippen LogP contribution in [0.4, 0.5) is 13.6 Å². The molecule has 1 rings (SSSR count). The Labute approximate surface area is 130 Å². The van der Waals surface area contributed by atoms with E-state index in [4.69, 9.17) is 4.74 Å². The summed E-state index contributed by atoms with van der Waals surface area (Å²) < 4.78 is 32.1. The number of ether oxygens (including phenoxy) is 1. The monoisotopic (exact) mass is 314 g/mol. The SMILES string of the molecule is CC(NCCN(C)C(=O)OC(C)(C)C)c1cccc(F)c1F. The molecule has 0 aliphatic rings. The summed E-state index contributed by atoms with van der Waals surface area (Å²) in [6.07, 6.45) is -0.418. The van der Waals surface area contributed by atoms with Crippen LogP contribution < -0.4 is 5.32 Å². The molecule has 0 heterocycles. The summed E-state index contributed by atoms with van der Waals surface area (Å²) in [6, 6.07) is 3.73. The van der Waals surface area contributed by atoms with E-state index < -0.39 is 23.3 Å². The molecule has 0 saturated heterocycles. The predicted octanol–water partition coefficient (Wildman–Crippen LogP) is 3.48. The standard InChI is InChI=1S/C16H24F2N2O2/c1-11(12-7-6-8-13(17)14(12)18)19-9-10-20(5)15(21)22-16(2,3)4/h6-8,11,19H,9-10H2,1-5H3. The third-order valence-corrected chi connectivity index (χ3v) is 3.05. The lowest BCUT2D eigenvalue weighted by Gasteiger charge is -2.25. The van der Waals surface area contributed by atoms with E-state index in [9.17, 15) is 13.6 Å². The lowest BCUT2D eigenvalue weighted by molar-refractivity contribution is 0.0299. The van der Waals surface area contributed by atoms with Crippen LogP contribution in [0.1, 0.15) is 39.3 Å². The molecule has 0 aromatic heterocycles. The third kappa shape index (κ3) is 5.60. The van der Waals surface area contributed by atoms with Gasteiger partial charge in [-0.3, -0.25) is 0 Å². The molecule has 0 aliphatic carbocycles. The molecule has 0 radical (unpaired) electrons. The highest BCUT2D eigenvalue weighted by atomic mass is 19.2. The number of hydrogen-bond acceptors (Lipinski definition) is 3. The van der Waals surface area contributed by atoms with Crippen molar-refractivity contribution in [3.05, 3.63) is 35.4 Å². The highest BCUT2D eigenvalue weighted by Gasteiger charge is 2.19. The van der Waals surface area contributed by atoms with Crippen LogP contribution in [-0.4, -0.2) is 36.7 Å². The van der Waals surface area contributed by atoms with Crippen LogP contribution in [-0.2, 0) is 4.74 Å². The van der Waals surface area contributed by atoms with Crippen LogP contribution in [0, 0.1) is 11.6 Å². The summed E-state index contributed by atoms with van der Waals surface area (Å²) in [5, 5.41) is 3.06. The van der Waals surface area contributed by atoms with Crippen molar-refractivity contribution < 1.29 is 18.3 Å². The van der Waals surface area contributed by atoms with E-state index in [0.717, 1.165) is 6.07 Å². The average Bonchev–Trinajstić information content (AvgIpc) is 2.39. The third-order valence-electron chi connectivity index (χ3n) is 3.05. The Balaban J connectivity index is 2.47. The largest absolute Gasteiger partial charge is 0.444 e. The quantitative estimate of drug-likeness (QED) is 0.904. The molecule has 0 saturated carbocycles. The van der Waals surface area contributed by atoms with Crippen LogP contribution in [0.15, 0.2) is 18.2 Å². The van der Waals surface area contributed by atoms with Crippen molar-refractivity contribution in [3.63, 3.8) is 0 Å². The summed E-state index contributed by atoms with van der Waals surface area (Å²) in [5.41, 5.74) is -0.281. The fraction of sp³-hybridized carbons (Fsp3) is 0.562. The predicted molar refractivity (Wildman–Crippen MR) is 81.6 cm³/mol. The van der Waals surface area contributed by atoms with E-state index in [2.05, 4.69) is 5.32 Å². The molecule has 4 nitrogen and oxygen atoms in total. The number of benzene rings is 1. The van der Waals surface area contributed by atoms with Crippen LogP contribution in [0.2, 0.25) is 0 Å². The minimum atomic E-state index is -0.864. The van der Waals surface area contributed by atoms with Crippen LogP contribution >= 0.6 is 0 Å². The maximum Gasteiger partial charge on any atom is 0.410 e. The van der Waals surface area contributed by atoms with Crippen molar-refractivity contribution in [3.8, 4) is 0 Å². The summed E-state index contributed by atoms with van der Waals surface area (Å²) in [6.45, 7) is 7.97. The number of amides is 1. The van der Waals surface area contributed by atoms with Gasteiger partial charge in [-0.25, -0.2) is 13.6 Å². The molecule has 0 fully saturated rings. The van der Waals surface area contributed by atoms with Gasteiger partial charge in [0, 0.05) is 31.7 Å². The number of halogens is 2. The Morgan fingerprint density at radius 3 is 2.59 bits per heavy atom. The molecule has 1 unspecified atom stereocenters. The zero-order valence-electron chi connectivity index (χ0n) is 13.7. The number of carbonyl (C=O) groups excluding carboxylic acids is 1. The van der Waals surface area contributed by atoms with Gasteiger partial charge in [0.05, 0.1) is 0 Å². The van der Waals surface area contributed by atoms with Crippen molar-refractivity contribution in [2.24, 2.45) is 0 Å². The van der Waals surface area contributed by atoms with Gasteiger partial charge in [-0.05, 0) is 33.8 Å². The van der Waals surface area contributed by atoms with E-state index in [-0.39, 0.29) is 11.6 Å². The molecule has 1 N–H and O–H groups in total. The van der Waals surface area contributed by atoms with Crippen molar-refractivity contribution in [1.29, 1.82) is 0 Å². The Kier molecular flexibility index (Phi) is 6.29. The number of rotatable bonds is 5. The van der Waals surface area contributed by atoms with Crippen molar-refractivity contribution >= 4 is 6.09 Å². The van der Waals surface area contributed by atoms with Gasteiger partial charge in [0.2, 0.25) is 0 Å². The van der Waals surface area contributed by atoms with Crippen molar-refractivity contribution in [2.45, 2.75) is 39.3 Å². The van der Waals surface area contributed by atoms with E-state index in [1.54, 1.807) is 34.7 Å². The highest BCUT2D eigenvalue weighted by molar-refractivity contribution is 5.67. The Hall–Kier alpha value is -1.69. The van der Waals surface area contributed by atoms with Gasteiger partial charge in [-0.15, -0.1) is 0 Å². The Bertz CT molecular complexity index is 515. The first-order valence-electron chi connectivity index (χ1n) is 7.23. The van der Waals surface area contributed by atoms with Gasteiger partial charge in [-0.1, -0.05) is 12.1 Å². The number of likely N-dealkylation sites (N-methyl/N-ethyl adjacent to an activating group) is 1.